The van der Waals surface area contributed by atoms with Crippen molar-refractivity contribution < 1.29 is 18.1 Å². The van der Waals surface area contributed by atoms with Crippen LogP contribution in [0.15, 0.2) is 24.3 Å². The second kappa shape index (κ2) is 6.44. The minimum absolute atomic E-state index is 0.114. The van der Waals surface area contributed by atoms with Crippen LogP contribution in [0.5, 0.6) is 0 Å². The molecule has 116 valence electrons. The molecule has 0 aromatic heterocycles. The molecule has 0 atom stereocenters. The van der Waals surface area contributed by atoms with E-state index < -0.39 is 10.0 Å². The minimum Gasteiger partial charge on any atom is -0.332 e. The van der Waals surface area contributed by atoms with Crippen molar-refractivity contribution in [2.24, 2.45) is 0 Å². The smallest absolute Gasteiger partial charge is 0.256 e. The molecule has 0 bridgehead atoms. The van der Waals surface area contributed by atoms with Crippen LogP contribution in [0.25, 0.3) is 0 Å². The van der Waals surface area contributed by atoms with Crippen LogP contribution < -0.4 is 9.62 Å². The summed E-state index contributed by atoms with van der Waals surface area (Å²) in [7, 11) is -3.40. The lowest BCUT2D eigenvalue weighted by molar-refractivity contribution is -0.902. The fraction of sp³-hybridized carbons (Fsp3) is 0.500. The van der Waals surface area contributed by atoms with Gasteiger partial charge in [-0.3, -0.25) is 9.52 Å². The Kier molecular flexibility index (Phi) is 4.84. The van der Waals surface area contributed by atoms with Gasteiger partial charge in [-0.2, -0.15) is 0 Å². The molecular weight excluding hydrogens is 290 g/mol. The standard InChI is InChI=1S/C14H21N3O3S/c1-3-16-8-10-17(11-9-16)14(18)12-6-4-5-7-13(12)15-21(2,19)20/h4-7,15H,3,8-11H2,1-2H3/p+1. The molecule has 2 rings (SSSR count). The highest BCUT2D eigenvalue weighted by molar-refractivity contribution is 7.92. The number of amides is 1. The van der Waals surface area contributed by atoms with E-state index in [1.165, 1.54) is 4.90 Å². The van der Waals surface area contributed by atoms with Crippen molar-refractivity contribution in [3.63, 3.8) is 0 Å². The summed E-state index contributed by atoms with van der Waals surface area (Å²) in [4.78, 5) is 15.9. The molecule has 0 saturated carbocycles. The topological polar surface area (TPSA) is 70.9 Å². The average Bonchev–Trinajstić information content (AvgIpc) is 2.45. The van der Waals surface area contributed by atoms with E-state index in [1.54, 1.807) is 29.2 Å². The van der Waals surface area contributed by atoms with Crippen molar-refractivity contribution in [1.29, 1.82) is 0 Å². The van der Waals surface area contributed by atoms with Crippen LogP contribution >= 0.6 is 0 Å². The van der Waals surface area contributed by atoms with Gasteiger partial charge in [0.25, 0.3) is 5.91 Å². The number of nitrogens with one attached hydrogen (secondary N) is 2. The molecule has 0 aliphatic carbocycles. The third kappa shape index (κ3) is 4.18. The molecule has 6 nitrogen and oxygen atoms in total. The van der Waals surface area contributed by atoms with Gasteiger partial charge in [-0.05, 0) is 19.1 Å². The van der Waals surface area contributed by atoms with Gasteiger partial charge < -0.3 is 9.80 Å². The number of carbonyl (C=O) groups excluding carboxylic acids is 1. The number of anilines is 1. The number of likely N-dealkylation sites (N-methyl/N-ethyl adjacent to an activating group) is 1. The minimum atomic E-state index is -3.40. The van der Waals surface area contributed by atoms with E-state index in [4.69, 9.17) is 0 Å². The van der Waals surface area contributed by atoms with Crippen LogP contribution in [0.4, 0.5) is 5.69 Å². The van der Waals surface area contributed by atoms with E-state index in [9.17, 15) is 13.2 Å². The first-order valence-electron chi connectivity index (χ1n) is 7.10. The van der Waals surface area contributed by atoms with Gasteiger partial charge in [0, 0.05) is 0 Å². The molecule has 1 aromatic carbocycles. The predicted octanol–water partition coefficient (Wildman–Crippen LogP) is -0.581. The van der Waals surface area contributed by atoms with Gasteiger partial charge in [0.1, 0.15) is 0 Å². The Balaban J connectivity index is 2.16. The molecule has 1 aromatic rings. The summed E-state index contributed by atoms with van der Waals surface area (Å²) in [5, 5.41) is 0. The maximum absolute atomic E-state index is 12.6. The summed E-state index contributed by atoms with van der Waals surface area (Å²) in [6.07, 6.45) is 1.08. The summed E-state index contributed by atoms with van der Waals surface area (Å²) in [5.41, 5.74) is 0.748. The van der Waals surface area contributed by atoms with Crippen molar-refractivity contribution in [2.75, 3.05) is 43.7 Å². The fourth-order valence-corrected chi connectivity index (χ4v) is 3.09. The lowest BCUT2D eigenvalue weighted by atomic mass is 10.1. The second-order valence-electron chi connectivity index (χ2n) is 5.32. The number of sulfonamides is 1. The zero-order chi connectivity index (χ0) is 15.5. The highest BCUT2D eigenvalue weighted by Crippen LogP contribution is 2.18. The van der Waals surface area contributed by atoms with Gasteiger partial charge in [-0.15, -0.1) is 0 Å². The molecule has 1 aliphatic rings. The van der Waals surface area contributed by atoms with Crippen molar-refractivity contribution in [3.8, 4) is 0 Å². The number of nitrogens with zero attached hydrogens (tertiary/aromatic N) is 1. The van der Waals surface area contributed by atoms with E-state index in [2.05, 4.69) is 11.6 Å². The Morgan fingerprint density at radius 2 is 1.90 bits per heavy atom. The molecule has 21 heavy (non-hydrogen) atoms. The zero-order valence-electron chi connectivity index (χ0n) is 12.4. The van der Waals surface area contributed by atoms with Gasteiger partial charge in [0.15, 0.2) is 0 Å². The third-order valence-electron chi connectivity index (χ3n) is 3.71. The number of para-hydroxylation sites is 1. The lowest BCUT2D eigenvalue weighted by Gasteiger charge is -2.32. The quantitative estimate of drug-likeness (QED) is 0.781. The molecule has 1 fully saturated rings. The molecule has 1 amide bonds. The first-order chi connectivity index (χ1) is 9.90. The molecule has 0 radical (unpaired) electrons. The van der Waals surface area contributed by atoms with Crippen LogP contribution in [0.2, 0.25) is 0 Å². The van der Waals surface area contributed by atoms with Crippen molar-refractivity contribution in [3.05, 3.63) is 29.8 Å². The number of hydrogen-bond donors (Lipinski definition) is 2. The SMILES string of the molecule is CC[NH+]1CCN(C(=O)c2ccccc2NS(C)(=O)=O)CC1. The number of piperazine rings is 1. The van der Waals surface area contributed by atoms with Gasteiger partial charge in [-0.25, -0.2) is 8.42 Å². The van der Waals surface area contributed by atoms with Crippen molar-refractivity contribution in [1.82, 2.24) is 4.90 Å². The summed E-state index contributed by atoms with van der Waals surface area (Å²) in [5.74, 6) is -0.114. The Hall–Kier alpha value is -1.60. The third-order valence-corrected chi connectivity index (χ3v) is 4.30. The summed E-state index contributed by atoms with van der Waals surface area (Å²) < 4.78 is 25.2. The molecule has 0 spiro atoms. The van der Waals surface area contributed by atoms with E-state index in [0.29, 0.717) is 24.3 Å². The molecule has 1 heterocycles. The second-order valence-corrected chi connectivity index (χ2v) is 7.06. The number of hydrogen-bond acceptors (Lipinski definition) is 3. The fourth-order valence-electron chi connectivity index (χ4n) is 2.51. The number of quaternary nitrogens is 1. The highest BCUT2D eigenvalue weighted by Gasteiger charge is 2.25. The van der Waals surface area contributed by atoms with Gasteiger partial charge in [-0.1, -0.05) is 12.1 Å². The summed E-state index contributed by atoms with van der Waals surface area (Å²) >= 11 is 0. The van der Waals surface area contributed by atoms with Gasteiger partial charge >= 0.3 is 0 Å². The molecular formula is C14H22N3O3S+. The van der Waals surface area contributed by atoms with Crippen LogP contribution in [-0.2, 0) is 10.0 Å². The van der Waals surface area contributed by atoms with Crippen molar-refractivity contribution in [2.45, 2.75) is 6.92 Å². The van der Waals surface area contributed by atoms with E-state index >= 15 is 0 Å². The lowest BCUT2D eigenvalue weighted by Crippen LogP contribution is -3.14. The number of benzene rings is 1. The van der Waals surface area contributed by atoms with Crippen LogP contribution in [0.3, 0.4) is 0 Å². The van der Waals surface area contributed by atoms with Crippen LogP contribution in [-0.4, -0.2) is 58.2 Å². The molecule has 0 unspecified atom stereocenters. The Labute approximate surface area is 125 Å². The number of rotatable bonds is 4. The van der Waals surface area contributed by atoms with Gasteiger partial charge in [0.2, 0.25) is 10.0 Å². The summed E-state index contributed by atoms with van der Waals surface area (Å²) in [6, 6.07) is 6.73. The van der Waals surface area contributed by atoms with Crippen LogP contribution in [0, 0.1) is 0 Å². The molecule has 1 aliphatic heterocycles. The Morgan fingerprint density at radius 3 is 2.48 bits per heavy atom. The van der Waals surface area contributed by atoms with Gasteiger partial charge in [0.05, 0.1) is 50.2 Å². The summed E-state index contributed by atoms with van der Waals surface area (Å²) in [6.45, 7) is 6.48. The number of carbonyl (C=O) groups is 1. The highest BCUT2D eigenvalue weighted by atomic mass is 32.2. The Bertz CT molecular complexity index is 608. The van der Waals surface area contributed by atoms with E-state index in [-0.39, 0.29) is 5.91 Å². The van der Waals surface area contributed by atoms with Crippen LogP contribution in [0.1, 0.15) is 17.3 Å². The Morgan fingerprint density at radius 1 is 1.29 bits per heavy atom. The van der Waals surface area contributed by atoms with E-state index in [1.807, 2.05) is 0 Å². The monoisotopic (exact) mass is 312 g/mol. The largest absolute Gasteiger partial charge is 0.332 e. The maximum Gasteiger partial charge on any atom is 0.256 e. The predicted molar refractivity (Wildman–Crippen MR) is 82.0 cm³/mol. The van der Waals surface area contributed by atoms with Crippen molar-refractivity contribution >= 4 is 21.6 Å². The average molecular weight is 312 g/mol. The molecule has 2 N–H and O–H groups in total. The molecule has 1 saturated heterocycles. The first kappa shape index (κ1) is 15.8. The first-order valence-corrected chi connectivity index (χ1v) is 8.99. The normalized spacial score (nSPS) is 16.8. The maximum atomic E-state index is 12.6. The van der Waals surface area contributed by atoms with E-state index in [0.717, 1.165) is 25.9 Å². The zero-order valence-corrected chi connectivity index (χ0v) is 13.2. The molecule has 7 heteroatoms.